The number of amides is 2. The van der Waals surface area contributed by atoms with E-state index in [9.17, 15) is 34.4 Å². The summed E-state index contributed by atoms with van der Waals surface area (Å²) in [5.41, 5.74) is 1.66. The number of benzene rings is 2. The fourth-order valence-corrected chi connectivity index (χ4v) is 11.7. The molecule has 2 unspecified atom stereocenters. The Hall–Kier alpha value is -5.61. The number of aliphatic hydroxyl groups excluding tert-OH is 1. The SMILES string of the molecule is C=C1CC(C(=O)c2cc(OC)c(OCCCCCOc3cc(NC(=O)OC(C)(C)C)c(C(=O)C4CC(=C)C[C@H]4CO)cc3OC)cc2NC(=O)OC[C@@H](C)SSc2ncccc2[N+](=O)[O-])[C@H](CO[Si](C)(C)C(C)(C)C)C1. The number of Topliss-reactive ketones (excluding diaryl/α,β-unsaturated/α-hetero) is 2. The van der Waals surface area contributed by atoms with Crippen LogP contribution >= 0.6 is 21.6 Å². The number of aromatic nitrogens is 1. The fraction of sp³-hybridized carbons (Fsp3) is 0.545. The summed E-state index contributed by atoms with van der Waals surface area (Å²) in [5, 5.41) is 27.0. The van der Waals surface area contributed by atoms with Gasteiger partial charge in [-0.2, -0.15) is 0 Å². The Morgan fingerprint density at radius 2 is 1.34 bits per heavy atom. The molecule has 2 aliphatic carbocycles. The fourth-order valence-electron chi connectivity index (χ4n) is 8.58. The topological polar surface area (TPSA) is 233 Å². The maximum atomic E-state index is 14.7. The predicted molar refractivity (Wildman–Crippen MR) is 299 cm³/mol. The molecule has 1 heterocycles. The number of carbonyl (C=O) groups excluding carboxylic acids is 4. The second-order valence-corrected chi connectivity index (χ2v) is 29.2. The number of anilines is 2. The number of allylic oxidation sites excluding steroid dienone is 2. The first-order valence-corrected chi connectivity index (χ1v) is 30.6. The Morgan fingerprint density at radius 3 is 1.84 bits per heavy atom. The predicted octanol–water partition coefficient (Wildman–Crippen LogP) is 12.9. The van der Waals surface area contributed by atoms with Gasteiger partial charge in [-0.05, 0) is 132 Å². The molecule has 2 saturated carbocycles. The van der Waals surface area contributed by atoms with E-state index in [4.69, 9.17) is 32.8 Å². The van der Waals surface area contributed by atoms with Crippen LogP contribution in [0.2, 0.25) is 18.1 Å². The van der Waals surface area contributed by atoms with E-state index in [0.717, 1.165) is 21.9 Å². The van der Waals surface area contributed by atoms with Crippen molar-refractivity contribution in [1.82, 2.24) is 4.98 Å². The van der Waals surface area contributed by atoms with Gasteiger partial charge in [-0.15, -0.1) is 0 Å². The number of rotatable bonds is 26. The number of ether oxygens (including phenoxy) is 6. The number of ketones is 2. The van der Waals surface area contributed by atoms with Crippen LogP contribution < -0.4 is 29.6 Å². The zero-order valence-corrected chi connectivity index (χ0v) is 48.4. The molecule has 3 N–H and O–H groups in total. The van der Waals surface area contributed by atoms with Gasteiger partial charge in [-0.3, -0.25) is 30.3 Å². The van der Waals surface area contributed by atoms with Crippen molar-refractivity contribution in [3.8, 4) is 23.0 Å². The number of unbranched alkanes of at least 4 members (excludes halogenated alkanes) is 2. The van der Waals surface area contributed by atoms with Gasteiger partial charge in [0.2, 0.25) is 0 Å². The first-order valence-electron chi connectivity index (χ1n) is 25.5. The number of nitrogens with one attached hydrogen (secondary N) is 2. The number of nitro groups is 1. The number of aliphatic hydroxyl groups is 1. The van der Waals surface area contributed by atoms with Crippen molar-refractivity contribution in [2.45, 2.75) is 127 Å². The summed E-state index contributed by atoms with van der Waals surface area (Å²) in [6, 6.07) is 9.09. The molecular formula is C55H76N4O14S2Si. The number of hydrogen-bond donors (Lipinski definition) is 3. The van der Waals surface area contributed by atoms with Gasteiger partial charge in [0.15, 0.2) is 47.9 Å². The second kappa shape index (κ2) is 27.1. The van der Waals surface area contributed by atoms with Gasteiger partial charge in [0, 0.05) is 65.8 Å². The van der Waals surface area contributed by atoms with E-state index in [1.54, 1.807) is 39.0 Å². The number of nitrogens with zero attached hydrogens (tertiary/aromatic N) is 2. The number of hydrogen-bond acceptors (Lipinski definition) is 17. The molecule has 0 aliphatic heterocycles. The molecule has 1 aromatic heterocycles. The van der Waals surface area contributed by atoms with Gasteiger partial charge in [0.25, 0.3) is 0 Å². The van der Waals surface area contributed by atoms with Crippen molar-refractivity contribution in [2.75, 3.05) is 57.9 Å². The van der Waals surface area contributed by atoms with Crippen LogP contribution in [0.3, 0.4) is 0 Å². The maximum Gasteiger partial charge on any atom is 0.412 e. The molecule has 76 heavy (non-hydrogen) atoms. The molecule has 3 aromatic rings. The second-order valence-electron chi connectivity index (χ2n) is 21.8. The van der Waals surface area contributed by atoms with Gasteiger partial charge < -0.3 is 38.0 Å². The highest BCUT2D eigenvalue weighted by molar-refractivity contribution is 8.77. The van der Waals surface area contributed by atoms with E-state index in [0.29, 0.717) is 57.3 Å². The molecule has 2 aliphatic rings. The molecule has 0 bridgehead atoms. The summed E-state index contributed by atoms with van der Waals surface area (Å²) in [5.74, 6) is -0.736. The third-order valence-corrected chi connectivity index (χ3v) is 20.9. The first kappa shape index (κ1) is 61.2. The summed E-state index contributed by atoms with van der Waals surface area (Å²) < 4.78 is 41.6. The van der Waals surface area contributed by atoms with Crippen LogP contribution in [0.15, 0.2) is 71.9 Å². The minimum Gasteiger partial charge on any atom is -0.493 e. The minimum atomic E-state index is -2.15. The van der Waals surface area contributed by atoms with Crippen LogP contribution in [-0.2, 0) is 13.9 Å². The lowest BCUT2D eigenvalue weighted by atomic mass is 9.88. The number of carbonyl (C=O) groups is 4. The maximum absolute atomic E-state index is 14.7. The number of pyridine rings is 1. The Labute approximate surface area is 455 Å². The van der Waals surface area contributed by atoms with Crippen molar-refractivity contribution < 1.29 is 62.1 Å². The zero-order valence-electron chi connectivity index (χ0n) is 45.8. The lowest BCUT2D eigenvalue weighted by Crippen LogP contribution is -2.42. The van der Waals surface area contributed by atoms with E-state index in [1.165, 1.54) is 49.4 Å². The smallest absolute Gasteiger partial charge is 0.412 e. The van der Waals surface area contributed by atoms with Crippen LogP contribution in [0.25, 0.3) is 0 Å². The van der Waals surface area contributed by atoms with Crippen LogP contribution in [0.5, 0.6) is 23.0 Å². The van der Waals surface area contributed by atoms with E-state index >= 15 is 0 Å². The van der Waals surface area contributed by atoms with Gasteiger partial charge in [-0.1, -0.05) is 55.9 Å². The minimum absolute atomic E-state index is 0.0290. The normalized spacial score (nSPS) is 18.2. The van der Waals surface area contributed by atoms with Crippen molar-refractivity contribution in [3.05, 3.63) is 88.1 Å². The van der Waals surface area contributed by atoms with E-state index in [2.05, 4.69) is 62.6 Å². The molecule has 0 radical (unpaired) electrons. The van der Waals surface area contributed by atoms with Crippen LogP contribution in [0, 0.1) is 33.8 Å². The molecule has 2 aromatic carbocycles. The largest absolute Gasteiger partial charge is 0.493 e. The third-order valence-electron chi connectivity index (χ3n) is 13.6. The van der Waals surface area contributed by atoms with Gasteiger partial charge in [-0.25, -0.2) is 14.6 Å². The molecule has 18 nitrogen and oxygen atoms in total. The third kappa shape index (κ3) is 16.9. The van der Waals surface area contributed by atoms with Crippen molar-refractivity contribution >= 4 is 70.7 Å². The quantitative estimate of drug-likeness (QED) is 0.0129. The van der Waals surface area contributed by atoms with Crippen LogP contribution in [0.4, 0.5) is 26.7 Å². The highest BCUT2D eigenvalue weighted by Crippen LogP contribution is 2.45. The summed E-state index contributed by atoms with van der Waals surface area (Å²) >= 11 is 0. The molecule has 0 saturated heterocycles. The van der Waals surface area contributed by atoms with Gasteiger partial charge in [0.05, 0.1) is 43.7 Å². The van der Waals surface area contributed by atoms with Gasteiger partial charge in [0.1, 0.15) is 12.2 Å². The van der Waals surface area contributed by atoms with Crippen LogP contribution in [-0.4, -0.2) is 105 Å². The monoisotopic (exact) mass is 1110 g/mol. The average molecular weight is 1110 g/mol. The highest BCUT2D eigenvalue weighted by Gasteiger charge is 2.42. The molecule has 416 valence electrons. The molecule has 2 fully saturated rings. The Kier molecular flexibility index (Phi) is 21.9. The summed E-state index contributed by atoms with van der Waals surface area (Å²) in [6.45, 7) is 26.8. The lowest BCUT2D eigenvalue weighted by Gasteiger charge is -2.37. The Bertz CT molecular complexity index is 2600. The van der Waals surface area contributed by atoms with Crippen molar-refractivity contribution in [2.24, 2.45) is 23.7 Å². The first-order chi connectivity index (χ1) is 35.7. The Balaban J connectivity index is 1.29. The molecule has 0 spiro atoms. The summed E-state index contributed by atoms with van der Waals surface area (Å²) in [7, 11) is 3.16. The summed E-state index contributed by atoms with van der Waals surface area (Å²) in [6.07, 6.45) is 3.74. The Morgan fingerprint density at radius 1 is 0.816 bits per heavy atom. The highest BCUT2D eigenvalue weighted by atomic mass is 33.1. The molecule has 2 amide bonds. The summed E-state index contributed by atoms with van der Waals surface area (Å²) in [4.78, 5) is 70.4. The van der Waals surface area contributed by atoms with Crippen LogP contribution in [0.1, 0.15) is 114 Å². The number of methoxy groups -OCH3 is 2. The molecule has 5 rings (SSSR count). The van der Waals surface area contributed by atoms with Crippen molar-refractivity contribution in [3.63, 3.8) is 0 Å². The molecule has 5 atom stereocenters. The van der Waals surface area contributed by atoms with Gasteiger partial charge >= 0.3 is 17.9 Å². The lowest BCUT2D eigenvalue weighted by molar-refractivity contribution is -0.388. The molecular weight excluding hydrogens is 1030 g/mol. The van der Waals surface area contributed by atoms with E-state index in [1.807, 2.05) is 6.92 Å². The van der Waals surface area contributed by atoms with E-state index in [-0.39, 0.29) is 111 Å². The van der Waals surface area contributed by atoms with Crippen molar-refractivity contribution in [1.29, 1.82) is 0 Å². The standard InChI is InChI=1S/C55H76N4O14S2Si/c1-33-22-36(30-60)38(24-33)49(61)41-27-46(68-11)48(29-43(41)58-53(64)73-54(4,5)6)70-21-16-14-15-20-69-47-28-42(57-52(63)71-31-35(3)74-75-51-44(59(65)66)18-17-19-56-51)40(26-45(47)67-10)50(62)39-25-34(2)23-37(39)32-72-76(12,13)55(7,8)9/h17-19,26-29,35-39,60H,1-2,14-16,20-25,30-32H2,3-13H3,(H,57,63)(H,58,64)/t35-,36+,37+,38?,39?/m1/s1. The van der Waals surface area contributed by atoms with E-state index < -0.39 is 42.9 Å². The molecule has 21 heteroatoms. The zero-order chi connectivity index (χ0) is 56.1. The average Bonchev–Trinajstić information content (AvgIpc) is 3.93.